The van der Waals surface area contributed by atoms with Crippen LogP contribution in [-0.4, -0.2) is 38.4 Å². The number of aliphatic imine (C=N–C) groups is 1. The number of benzene rings is 2. The normalized spacial score (nSPS) is 16.2. The van der Waals surface area contributed by atoms with Crippen LogP contribution in [0.2, 0.25) is 0 Å². The van der Waals surface area contributed by atoms with Gasteiger partial charge in [0.15, 0.2) is 0 Å². The number of hydrogen-bond acceptors (Lipinski definition) is 7. The SMILES string of the molecule is CCCCC1=NC2(CCCC2)C(=O)N1Cc1ccc(-c2ccccc2SNc2onc(C)c2C)c(C(=O)O)c1. The highest BCUT2D eigenvalue weighted by atomic mass is 32.2. The van der Waals surface area contributed by atoms with Gasteiger partial charge in [-0.1, -0.05) is 61.7 Å². The maximum absolute atomic E-state index is 13.5. The molecule has 204 valence electrons. The monoisotopic (exact) mass is 546 g/mol. The largest absolute Gasteiger partial charge is 0.478 e. The van der Waals surface area contributed by atoms with Crippen molar-refractivity contribution in [3.63, 3.8) is 0 Å². The number of carbonyl (C=O) groups excluding carboxylic acids is 1. The molecule has 2 aromatic carbocycles. The average molecular weight is 547 g/mol. The third kappa shape index (κ3) is 5.32. The number of carboxylic acids is 1. The summed E-state index contributed by atoms with van der Waals surface area (Å²) in [6.45, 7) is 6.27. The maximum Gasteiger partial charge on any atom is 0.336 e. The van der Waals surface area contributed by atoms with Crippen molar-refractivity contribution in [2.45, 2.75) is 82.7 Å². The molecule has 1 saturated carbocycles. The zero-order valence-electron chi connectivity index (χ0n) is 22.6. The fourth-order valence-electron chi connectivity index (χ4n) is 5.37. The molecule has 2 heterocycles. The van der Waals surface area contributed by atoms with E-state index in [9.17, 15) is 14.7 Å². The Hall–Kier alpha value is -3.59. The zero-order chi connectivity index (χ0) is 27.6. The number of rotatable bonds is 10. The molecular formula is C30H34N4O4S. The van der Waals surface area contributed by atoms with Crippen molar-refractivity contribution in [2.75, 3.05) is 4.72 Å². The van der Waals surface area contributed by atoms with E-state index in [0.29, 0.717) is 18.0 Å². The van der Waals surface area contributed by atoms with Gasteiger partial charge < -0.3 is 9.63 Å². The molecule has 0 unspecified atom stereocenters. The lowest BCUT2D eigenvalue weighted by atomic mass is 9.96. The van der Waals surface area contributed by atoms with Gasteiger partial charge in [-0.05, 0) is 73.9 Å². The number of aromatic carboxylic acids is 1. The lowest BCUT2D eigenvalue weighted by molar-refractivity contribution is -0.131. The minimum Gasteiger partial charge on any atom is -0.478 e. The number of hydrogen-bond donors (Lipinski definition) is 2. The minimum absolute atomic E-state index is 0.0674. The van der Waals surface area contributed by atoms with Crippen molar-refractivity contribution < 1.29 is 19.2 Å². The van der Waals surface area contributed by atoms with Crippen LogP contribution in [0.5, 0.6) is 0 Å². The van der Waals surface area contributed by atoms with Crippen molar-refractivity contribution in [1.82, 2.24) is 10.1 Å². The number of unbranched alkanes of at least 4 members (excludes halogenated alkanes) is 1. The summed E-state index contributed by atoms with van der Waals surface area (Å²) in [6.07, 6.45) is 6.38. The molecule has 1 fully saturated rings. The van der Waals surface area contributed by atoms with Gasteiger partial charge in [0.2, 0.25) is 5.88 Å². The molecule has 0 atom stereocenters. The minimum atomic E-state index is -1.01. The average Bonchev–Trinajstić information content (AvgIpc) is 3.61. The molecule has 1 amide bonds. The Morgan fingerprint density at radius 3 is 2.62 bits per heavy atom. The Morgan fingerprint density at radius 2 is 1.92 bits per heavy atom. The maximum atomic E-state index is 13.5. The van der Waals surface area contributed by atoms with Crippen LogP contribution in [-0.2, 0) is 11.3 Å². The van der Waals surface area contributed by atoms with Crippen molar-refractivity contribution in [3.05, 3.63) is 64.8 Å². The molecular weight excluding hydrogens is 512 g/mol. The Bertz CT molecular complexity index is 1420. The first-order valence-electron chi connectivity index (χ1n) is 13.5. The van der Waals surface area contributed by atoms with E-state index in [1.165, 1.54) is 11.9 Å². The molecule has 3 aromatic rings. The quantitative estimate of drug-likeness (QED) is 0.263. The summed E-state index contributed by atoms with van der Waals surface area (Å²) >= 11 is 1.35. The summed E-state index contributed by atoms with van der Waals surface area (Å²) < 4.78 is 8.56. The van der Waals surface area contributed by atoms with E-state index < -0.39 is 11.5 Å². The van der Waals surface area contributed by atoms with Gasteiger partial charge in [-0.3, -0.25) is 19.4 Å². The van der Waals surface area contributed by atoms with Crippen molar-refractivity contribution in [1.29, 1.82) is 0 Å². The molecule has 1 aromatic heterocycles. The zero-order valence-corrected chi connectivity index (χ0v) is 23.4. The van der Waals surface area contributed by atoms with E-state index in [2.05, 4.69) is 16.8 Å². The number of anilines is 1. The summed E-state index contributed by atoms with van der Waals surface area (Å²) in [4.78, 5) is 33.6. The van der Waals surface area contributed by atoms with E-state index in [1.807, 2.05) is 50.2 Å². The first kappa shape index (κ1) is 27.0. The Balaban J connectivity index is 1.42. The van der Waals surface area contributed by atoms with Crippen LogP contribution < -0.4 is 4.72 Å². The molecule has 0 radical (unpaired) electrons. The van der Waals surface area contributed by atoms with Crippen molar-refractivity contribution in [3.8, 4) is 11.1 Å². The second-order valence-electron chi connectivity index (χ2n) is 10.4. The standard InChI is InChI=1S/C30H34N4O4S/c1-4-5-12-26-31-30(15-8-9-16-30)29(37)34(26)18-21-13-14-22(24(17-21)28(35)36)23-10-6-7-11-25(23)39-33-27-19(2)20(3)32-38-27/h6-7,10-11,13-14,17,33H,4-5,8-9,12,15-16,18H2,1-3H3,(H,35,36). The van der Waals surface area contributed by atoms with Crippen LogP contribution >= 0.6 is 11.9 Å². The van der Waals surface area contributed by atoms with Crippen molar-refractivity contribution >= 4 is 35.5 Å². The van der Waals surface area contributed by atoms with Crippen LogP contribution in [0.1, 0.15) is 79.0 Å². The molecule has 0 saturated heterocycles. The predicted octanol–water partition coefficient (Wildman–Crippen LogP) is 7.02. The van der Waals surface area contributed by atoms with Gasteiger partial charge in [0, 0.05) is 16.9 Å². The summed E-state index contributed by atoms with van der Waals surface area (Å²) in [7, 11) is 0. The third-order valence-corrected chi connectivity index (χ3v) is 8.59. The molecule has 2 N–H and O–H groups in total. The summed E-state index contributed by atoms with van der Waals surface area (Å²) in [5.74, 6) is 0.464. The first-order chi connectivity index (χ1) is 18.8. The molecule has 1 spiro atoms. The third-order valence-electron chi connectivity index (χ3n) is 7.73. The second-order valence-corrected chi connectivity index (χ2v) is 11.2. The van der Waals surface area contributed by atoms with Gasteiger partial charge in [-0.15, -0.1) is 0 Å². The van der Waals surface area contributed by atoms with Crippen LogP contribution in [0.3, 0.4) is 0 Å². The van der Waals surface area contributed by atoms with Gasteiger partial charge in [-0.25, -0.2) is 4.79 Å². The number of aryl methyl sites for hydroxylation is 1. The predicted molar refractivity (Wildman–Crippen MR) is 153 cm³/mol. The van der Waals surface area contributed by atoms with Crippen molar-refractivity contribution in [2.24, 2.45) is 4.99 Å². The van der Waals surface area contributed by atoms with Gasteiger partial charge in [0.05, 0.1) is 17.8 Å². The molecule has 0 bridgehead atoms. The fourth-order valence-corrected chi connectivity index (χ4v) is 6.20. The number of aromatic nitrogens is 1. The van der Waals surface area contributed by atoms with E-state index in [0.717, 1.165) is 78.1 Å². The molecule has 39 heavy (non-hydrogen) atoms. The number of carboxylic acid groups (broad SMARTS) is 1. The topological polar surface area (TPSA) is 108 Å². The van der Waals surface area contributed by atoms with E-state index in [4.69, 9.17) is 9.52 Å². The second kappa shape index (κ2) is 11.3. The van der Waals surface area contributed by atoms with Crippen LogP contribution in [0.4, 0.5) is 5.88 Å². The Morgan fingerprint density at radius 1 is 1.15 bits per heavy atom. The van der Waals surface area contributed by atoms with E-state index >= 15 is 0 Å². The number of carbonyl (C=O) groups is 2. The number of nitrogens with zero attached hydrogens (tertiary/aromatic N) is 3. The van der Waals surface area contributed by atoms with Gasteiger partial charge >= 0.3 is 5.97 Å². The molecule has 2 aliphatic rings. The highest BCUT2D eigenvalue weighted by Gasteiger charge is 2.49. The van der Waals surface area contributed by atoms with Crippen LogP contribution in [0, 0.1) is 13.8 Å². The molecule has 1 aliphatic heterocycles. The summed E-state index contributed by atoms with van der Waals surface area (Å²) in [5, 5.41) is 14.2. The van der Waals surface area contributed by atoms with Gasteiger partial charge in [0.25, 0.3) is 5.91 Å². The lowest BCUT2D eigenvalue weighted by Gasteiger charge is -2.23. The Kier molecular flexibility index (Phi) is 7.79. The van der Waals surface area contributed by atoms with Crippen LogP contribution in [0.25, 0.3) is 11.1 Å². The summed E-state index contributed by atoms with van der Waals surface area (Å²) in [6, 6.07) is 13.1. The summed E-state index contributed by atoms with van der Waals surface area (Å²) in [5.41, 5.74) is 3.51. The van der Waals surface area contributed by atoms with E-state index in [1.54, 1.807) is 11.0 Å². The molecule has 5 rings (SSSR count). The number of amides is 1. The lowest BCUT2D eigenvalue weighted by Crippen LogP contribution is -2.40. The smallest absolute Gasteiger partial charge is 0.336 e. The number of nitrogens with one attached hydrogen (secondary N) is 1. The molecule has 1 aliphatic carbocycles. The highest BCUT2D eigenvalue weighted by molar-refractivity contribution is 8.00. The van der Waals surface area contributed by atoms with Crippen LogP contribution in [0.15, 0.2) is 56.9 Å². The van der Waals surface area contributed by atoms with E-state index in [-0.39, 0.29) is 11.5 Å². The first-order valence-corrected chi connectivity index (χ1v) is 14.4. The molecule has 9 heteroatoms. The highest BCUT2D eigenvalue weighted by Crippen LogP contribution is 2.41. The fraction of sp³-hybridized carbons (Fsp3) is 0.400. The number of amidine groups is 1. The van der Waals surface area contributed by atoms with Gasteiger partial charge in [0.1, 0.15) is 11.4 Å². The molecule has 8 nitrogen and oxygen atoms in total. The van der Waals surface area contributed by atoms with Gasteiger partial charge in [-0.2, -0.15) is 0 Å². The Labute approximate surface area is 233 Å².